The van der Waals surface area contributed by atoms with Gasteiger partial charge in [0.1, 0.15) is 11.3 Å². The Bertz CT molecular complexity index is 1470. The molecule has 4 heterocycles. The van der Waals surface area contributed by atoms with Crippen molar-refractivity contribution in [3.05, 3.63) is 78.6 Å². The first-order chi connectivity index (χ1) is 14.7. The van der Waals surface area contributed by atoms with E-state index in [2.05, 4.69) is 45.6 Å². The fraction of sp³-hybridized carbons (Fsp3) is 0.0870. The number of nitrogens with one attached hydrogen (secondary N) is 2. The molecule has 7 heteroatoms. The molecule has 6 nitrogen and oxygen atoms in total. The third-order valence-corrected chi connectivity index (χ3v) is 5.61. The summed E-state index contributed by atoms with van der Waals surface area (Å²) >= 11 is 0. The minimum absolute atomic E-state index is 0.234. The van der Waals surface area contributed by atoms with Crippen LogP contribution in [0.1, 0.15) is 12.5 Å². The second kappa shape index (κ2) is 6.33. The van der Waals surface area contributed by atoms with Gasteiger partial charge in [0.15, 0.2) is 5.58 Å². The van der Waals surface area contributed by atoms with E-state index in [9.17, 15) is 4.39 Å². The molecule has 0 spiro atoms. The highest BCUT2D eigenvalue weighted by atomic mass is 19.1. The lowest BCUT2D eigenvalue weighted by Gasteiger charge is -2.21. The van der Waals surface area contributed by atoms with Crippen LogP contribution >= 0.6 is 0 Å². The quantitative estimate of drug-likeness (QED) is 0.451. The molecule has 148 valence electrons. The van der Waals surface area contributed by atoms with Crippen LogP contribution in [0.2, 0.25) is 0 Å². The zero-order chi connectivity index (χ0) is 20.2. The number of aryl methyl sites for hydroxylation is 1. The van der Waals surface area contributed by atoms with E-state index in [4.69, 9.17) is 4.42 Å². The lowest BCUT2D eigenvalue weighted by atomic mass is 10.1. The molecule has 6 rings (SSSR count). The van der Waals surface area contributed by atoms with Crippen LogP contribution in [-0.4, -0.2) is 9.55 Å². The average molecular weight is 399 g/mol. The summed E-state index contributed by atoms with van der Waals surface area (Å²) in [4.78, 5) is 4.47. The molecule has 5 aromatic rings. The molecule has 0 atom stereocenters. The molecule has 2 N–H and O–H groups in total. The minimum atomic E-state index is -0.234. The van der Waals surface area contributed by atoms with Gasteiger partial charge in [-0.25, -0.2) is 4.39 Å². The van der Waals surface area contributed by atoms with Crippen molar-refractivity contribution in [1.82, 2.24) is 20.5 Å². The Labute approximate surface area is 171 Å². The van der Waals surface area contributed by atoms with E-state index in [1.54, 1.807) is 12.3 Å². The van der Waals surface area contributed by atoms with Crippen molar-refractivity contribution in [2.24, 2.45) is 0 Å². The normalized spacial score (nSPS) is 14.1. The summed E-state index contributed by atoms with van der Waals surface area (Å²) < 4.78 is 21.7. The number of nitrogens with zero attached hydrogens (tertiary/aromatic N) is 3. The summed E-state index contributed by atoms with van der Waals surface area (Å²) in [5.74, 6) is -0.234. The van der Waals surface area contributed by atoms with Crippen LogP contribution < -0.4 is 16.0 Å². The van der Waals surface area contributed by atoms with E-state index in [-0.39, 0.29) is 5.82 Å². The second-order valence-electron chi connectivity index (χ2n) is 7.26. The van der Waals surface area contributed by atoms with Gasteiger partial charge in [-0.15, -0.1) is 5.53 Å². The molecule has 0 radical (unpaired) electrons. The Morgan fingerprint density at radius 2 is 1.87 bits per heavy atom. The molecule has 0 unspecified atom stereocenters. The number of fused-ring (bicyclic) bond motifs is 4. The second-order valence-corrected chi connectivity index (χ2v) is 7.26. The number of hydrazine groups is 2. The monoisotopic (exact) mass is 399 g/mol. The van der Waals surface area contributed by atoms with Gasteiger partial charge in [0.25, 0.3) is 0 Å². The Kier molecular flexibility index (Phi) is 3.60. The van der Waals surface area contributed by atoms with Gasteiger partial charge in [-0.05, 0) is 49.4 Å². The molecule has 0 saturated carbocycles. The van der Waals surface area contributed by atoms with Crippen molar-refractivity contribution in [3.63, 3.8) is 0 Å². The first kappa shape index (κ1) is 17.1. The number of benzene rings is 2. The number of pyridine rings is 1. The van der Waals surface area contributed by atoms with E-state index in [1.807, 2.05) is 35.6 Å². The highest BCUT2D eigenvalue weighted by molar-refractivity contribution is 6.09. The lowest BCUT2D eigenvalue weighted by Crippen LogP contribution is -2.37. The summed E-state index contributed by atoms with van der Waals surface area (Å²) in [6, 6.07) is 15.0. The van der Waals surface area contributed by atoms with Gasteiger partial charge >= 0.3 is 0 Å². The summed E-state index contributed by atoms with van der Waals surface area (Å²) in [7, 11) is 0. The highest BCUT2D eigenvalue weighted by Crippen LogP contribution is 2.35. The molecule has 0 saturated heterocycles. The van der Waals surface area contributed by atoms with Crippen molar-refractivity contribution in [3.8, 4) is 0 Å². The molecule has 0 aliphatic carbocycles. The fourth-order valence-corrected chi connectivity index (χ4v) is 4.24. The maximum atomic E-state index is 14.0. The van der Waals surface area contributed by atoms with Gasteiger partial charge in [-0.1, -0.05) is 0 Å². The maximum Gasteiger partial charge on any atom is 0.152 e. The van der Waals surface area contributed by atoms with Crippen LogP contribution in [-0.2, 0) is 6.54 Å². The van der Waals surface area contributed by atoms with Crippen LogP contribution in [0.15, 0.2) is 71.6 Å². The molecular weight excluding hydrogens is 381 g/mol. The largest absolute Gasteiger partial charge is 0.463 e. The number of furan rings is 1. The van der Waals surface area contributed by atoms with Gasteiger partial charge < -0.3 is 14.4 Å². The van der Waals surface area contributed by atoms with Crippen LogP contribution in [0.5, 0.6) is 0 Å². The third-order valence-electron chi connectivity index (χ3n) is 5.61. The zero-order valence-corrected chi connectivity index (χ0v) is 16.2. The first-order valence-corrected chi connectivity index (χ1v) is 9.79. The molecule has 2 aromatic carbocycles. The Morgan fingerprint density at radius 3 is 2.73 bits per heavy atom. The van der Waals surface area contributed by atoms with Gasteiger partial charge in [0.05, 0.1) is 17.6 Å². The number of halogens is 1. The summed E-state index contributed by atoms with van der Waals surface area (Å²) in [5, 5.41) is 3.86. The lowest BCUT2D eigenvalue weighted by molar-refractivity contribution is 0.615. The molecule has 0 amide bonds. The van der Waals surface area contributed by atoms with E-state index in [0.717, 1.165) is 56.4 Å². The summed E-state index contributed by atoms with van der Waals surface area (Å²) in [6.07, 6.45) is 5.34. The topological polar surface area (TPSA) is 58.3 Å². The van der Waals surface area contributed by atoms with Gasteiger partial charge in [0.2, 0.25) is 0 Å². The highest BCUT2D eigenvalue weighted by Gasteiger charge is 2.21. The third kappa shape index (κ3) is 2.42. The van der Waals surface area contributed by atoms with Crippen LogP contribution in [0.3, 0.4) is 0 Å². The number of hydrogen-bond acceptors (Lipinski definition) is 5. The van der Waals surface area contributed by atoms with E-state index >= 15 is 0 Å². The van der Waals surface area contributed by atoms with E-state index in [1.165, 1.54) is 6.07 Å². The SMILES string of the molecule is CCn1c2ccc(F)cc2c2cc(N3NNC=C3c3cnc4ccoc4c3)ccc21. The predicted octanol–water partition coefficient (Wildman–Crippen LogP) is 4.92. The van der Waals surface area contributed by atoms with Crippen molar-refractivity contribution in [2.45, 2.75) is 13.5 Å². The van der Waals surface area contributed by atoms with E-state index < -0.39 is 0 Å². The average Bonchev–Trinajstić information content (AvgIpc) is 3.49. The van der Waals surface area contributed by atoms with Crippen LogP contribution in [0, 0.1) is 5.82 Å². The minimum Gasteiger partial charge on any atom is -0.463 e. The number of anilines is 1. The molecule has 1 aliphatic heterocycles. The Hall–Kier alpha value is -3.84. The molecule has 3 aromatic heterocycles. The summed E-state index contributed by atoms with van der Waals surface area (Å²) in [5.41, 5.74) is 12.6. The zero-order valence-electron chi connectivity index (χ0n) is 16.2. The van der Waals surface area contributed by atoms with Crippen molar-refractivity contribution in [2.75, 3.05) is 5.01 Å². The maximum absolute atomic E-state index is 14.0. The smallest absolute Gasteiger partial charge is 0.152 e. The molecule has 0 fully saturated rings. The molecule has 30 heavy (non-hydrogen) atoms. The van der Waals surface area contributed by atoms with Gasteiger partial charge in [-0.2, -0.15) is 0 Å². The van der Waals surface area contributed by atoms with Crippen LogP contribution in [0.25, 0.3) is 38.6 Å². The van der Waals surface area contributed by atoms with Crippen molar-refractivity contribution in [1.29, 1.82) is 0 Å². The van der Waals surface area contributed by atoms with Crippen molar-refractivity contribution < 1.29 is 8.81 Å². The molecule has 1 aliphatic rings. The number of rotatable bonds is 3. The molecule has 0 bridgehead atoms. The van der Waals surface area contributed by atoms with Crippen molar-refractivity contribution >= 4 is 44.3 Å². The number of hydrogen-bond donors (Lipinski definition) is 2. The van der Waals surface area contributed by atoms with E-state index in [0.29, 0.717) is 0 Å². The predicted molar refractivity (Wildman–Crippen MR) is 116 cm³/mol. The summed E-state index contributed by atoms with van der Waals surface area (Å²) in [6.45, 7) is 2.91. The fourth-order valence-electron chi connectivity index (χ4n) is 4.24. The van der Waals surface area contributed by atoms with Gasteiger partial charge in [0, 0.05) is 52.4 Å². The first-order valence-electron chi connectivity index (χ1n) is 9.79. The standard InChI is InChI=1S/C23H18FN5O/c1-2-28-20-5-3-15(24)10-17(20)18-11-16(4-6-21(18)28)29-22(13-26-27-29)14-9-23-19(25-12-14)7-8-30-23/h3-13,26-27H,2H2,1H3. The number of aromatic nitrogens is 2. The van der Waals surface area contributed by atoms with Crippen LogP contribution in [0.4, 0.5) is 10.1 Å². The Balaban J connectivity index is 1.49. The Morgan fingerprint density at radius 1 is 1.03 bits per heavy atom. The molecular formula is C23H18FN5O. The van der Waals surface area contributed by atoms with Gasteiger partial charge in [-0.3, -0.25) is 9.99 Å².